The molecule has 0 aromatic heterocycles. The molecule has 2 heterocycles. The fourth-order valence-corrected chi connectivity index (χ4v) is 3.91. The molecule has 4 rings (SSSR count). The summed E-state index contributed by atoms with van der Waals surface area (Å²) in [5.41, 5.74) is -6.34. The van der Waals surface area contributed by atoms with E-state index in [1.165, 1.54) is 36.4 Å². The van der Waals surface area contributed by atoms with Crippen molar-refractivity contribution in [2.75, 3.05) is 20.5 Å². The zero-order valence-corrected chi connectivity index (χ0v) is 19.2. The van der Waals surface area contributed by atoms with Crippen LogP contribution in [0, 0.1) is 0 Å². The molecule has 0 radical (unpaired) electrons. The van der Waals surface area contributed by atoms with Crippen molar-refractivity contribution < 1.29 is 54.3 Å². The van der Waals surface area contributed by atoms with E-state index in [2.05, 4.69) is 4.18 Å². The Kier molecular flexibility index (Phi) is 6.45. The van der Waals surface area contributed by atoms with Crippen LogP contribution in [-0.2, 0) is 23.8 Å². The number of hydrogen-bond acceptors (Lipinski definition) is 9. The van der Waals surface area contributed by atoms with Crippen molar-refractivity contribution in [1.82, 2.24) is 0 Å². The number of hydrogen-bond donors (Lipinski definition) is 0. The molecule has 2 aromatic carbocycles. The van der Waals surface area contributed by atoms with Crippen LogP contribution < -0.4 is 18.9 Å². The van der Waals surface area contributed by atoms with Crippen molar-refractivity contribution in [3.05, 3.63) is 53.1 Å². The summed E-state index contributed by atoms with van der Waals surface area (Å²) in [6, 6.07) is 8.55. The van der Waals surface area contributed by atoms with Gasteiger partial charge in [0, 0.05) is 5.56 Å². The van der Waals surface area contributed by atoms with E-state index in [4.69, 9.17) is 23.7 Å². The van der Waals surface area contributed by atoms with Crippen molar-refractivity contribution in [2.24, 2.45) is 0 Å². The summed E-state index contributed by atoms with van der Waals surface area (Å²) >= 11 is 0. The van der Waals surface area contributed by atoms with E-state index < -0.39 is 39.0 Å². The Bertz CT molecular complexity index is 1290. The van der Waals surface area contributed by atoms with Crippen LogP contribution in [0.4, 0.5) is 13.2 Å². The van der Waals surface area contributed by atoms with Crippen molar-refractivity contribution in [3.63, 3.8) is 0 Å². The molecular formula is C22H19F3O9S. The van der Waals surface area contributed by atoms with Crippen LogP contribution in [0.1, 0.15) is 30.6 Å². The standard InChI is InChI=1S/C22H19F3O9S/c1-3-8-30-13-5-7-15-14(10-13)20(34-35(27,28)22(23,24)25)18(21(26)29-2)19(33-15)12-4-6-16-17(9-12)32-11-31-16/h4-7,9-10,19H,3,8,11H2,1-2H3. The molecule has 9 nitrogen and oxygen atoms in total. The van der Waals surface area contributed by atoms with E-state index in [-0.39, 0.29) is 36.0 Å². The number of rotatable bonds is 7. The van der Waals surface area contributed by atoms with Crippen molar-refractivity contribution in [1.29, 1.82) is 0 Å². The van der Waals surface area contributed by atoms with Crippen molar-refractivity contribution in [2.45, 2.75) is 25.0 Å². The summed E-state index contributed by atoms with van der Waals surface area (Å²) in [6.07, 6.45) is -0.764. The summed E-state index contributed by atoms with van der Waals surface area (Å²) in [7, 11) is -5.18. The molecule has 0 bridgehead atoms. The highest BCUT2D eigenvalue weighted by molar-refractivity contribution is 7.87. The third-order valence-electron chi connectivity index (χ3n) is 5.00. The van der Waals surface area contributed by atoms with Gasteiger partial charge < -0.3 is 27.9 Å². The van der Waals surface area contributed by atoms with Crippen LogP contribution in [0.2, 0.25) is 0 Å². The number of fused-ring (bicyclic) bond motifs is 2. The van der Waals surface area contributed by atoms with E-state index in [1.54, 1.807) is 0 Å². The second-order valence-corrected chi connectivity index (χ2v) is 8.87. The van der Waals surface area contributed by atoms with Crippen LogP contribution in [0.15, 0.2) is 42.0 Å². The predicted molar refractivity (Wildman–Crippen MR) is 113 cm³/mol. The van der Waals surface area contributed by atoms with Gasteiger partial charge in [-0.25, -0.2) is 4.79 Å². The monoisotopic (exact) mass is 516 g/mol. The molecule has 0 fully saturated rings. The first-order valence-electron chi connectivity index (χ1n) is 10.2. The minimum atomic E-state index is -6.17. The van der Waals surface area contributed by atoms with Gasteiger partial charge in [0.25, 0.3) is 0 Å². The average molecular weight is 516 g/mol. The third kappa shape index (κ3) is 4.67. The second-order valence-electron chi connectivity index (χ2n) is 7.33. The largest absolute Gasteiger partial charge is 0.534 e. The number of ether oxygens (including phenoxy) is 5. The molecule has 0 spiro atoms. The van der Waals surface area contributed by atoms with Crippen LogP contribution in [0.5, 0.6) is 23.0 Å². The number of benzene rings is 2. The topological polar surface area (TPSA) is 107 Å². The Morgan fingerprint density at radius 1 is 1.09 bits per heavy atom. The Labute approximate surface area is 198 Å². The Morgan fingerprint density at radius 2 is 1.80 bits per heavy atom. The average Bonchev–Trinajstić information content (AvgIpc) is 3.29. The highest BCUT2D eigenvalue weighted by Gasteiger charge is 2.51. The zero-order valence-electron chi connectivity index (χ0n) is 18.4. The molecule has 0 amide bonds. The summed E-state index contributed by atoms with van der Waals surface area (Å²) in [5.74, 6) is -1.19. The quantitative estimate of drug-likeness (QED) is 0.306. The lowest BCUT2D eigenvalue weighted by Crippen LogP contribution is -2.29. The lowest BCUT2D eigenvalue weighted by Gasteiger charge is -2.30. The van der Waals surface area contributed by atoms with Gasteiger partial charge in [-0.2, -0.15) is 21.6 Å². The van der Waals surface area contributed by atoms with Gasteiger partial charge in [0.2, 0.25) is 6.79 Å². The lowest BCUT2D eigenvalue weighted by molar-refractivity contribution is -0.137. The Hall–Kier alpha value is -3.61. The van der Waals surface area contributed by atoms with Crippen molar-refractivity contribution >= 4 is 21.8 Å². The van der Waals surface area contributed by atoms with Crippen LogP contribution >= 0.6 is 0 Å². The number of methoxy groups -OCH3 is 1. The molecule has 1 unspecified atom stereocenters. The van der Waals surface area contributed by atoms with Crippen molar-refractivity contribution in [3.8, 4) is 23.0 Å². The number of halogens is 3. The maximum Gasteiger partial charge on any atom is 0.534 e. The molecule has 2 aliphatic rings. The molecular weight excluding hydrogens is 497 g/mol. The normalized spacial score (nSPS) is 16.9. The first-order valence-corrected chi connectivity index (χ1v) is 11.6. The Morgan fingerprint density at radius 3 is 2.49 bits per heavy atom. The second kappa shape index (κ2) is 9.21. The third-order valence-corrected chi connectivity index (χ3v) is 5.95. The molecule has 0 saturated carbocycles. The summed E-state index contributed by atoms with van der Waals surface area (Å²) < 4.78 is 95.1. The maximum absolute atomic E-state index is 13.3. The number of carbonyl (C=O) groups is 1. The number of esters is 1. The smallest absolute Gasteiger partial charge is 0.494 e. The van der Waals surface area contributed by atoms with Gasteiger partial charge in [-0.1, -0.05) is 13.0 Å². The van der Waals surface area contributed by atoms with E-state index in [9.17, 15) is 26.4 Å². The SMILES string of the molecule is CCCOc1ccc2c(c1)C(OS(=O)(=O)C(F)(F)F)=C(C(=O)OC)C(c1ccc3c(c1)OCO3)O2. The molecule has 1 atom stereocenters. The van der Waals surface area contributed by atoms with E-state index in [1.807, 2.05) is 6.92 Å². The molecule has 0 saturated heterocycles. The number of alkyl halides is 3. The van der Waals surface area contributed by atoms with Gasteiger partial charge in [0.05, 0.1) is 19.3 Å². The minimum absolute atomic E-state index is 0.0449. The maximum atomic E-state index is 13.3. The Balaban J connectivity index is 1.93. The molecule has 13 heteroatoms. The molecule has 0 N–H and O–H groups in total. The first kappa shape index (κ1) is 24.5. The molecule has 35 heavy (non-hydrogen) atoms. The van der Waals surface area contributed by atoms with Gasteiger partial charge in [-0.15, -0.1) is 0 Å². The summed E-state index contributed by atoms with van der Waals surface area (Å²) in [4.78, 5) is 12.8. The van der Waals surface area contributed by atoms with E-state index >= 15 is 0 Å². The molecule has 2 aromatic rings. The van der Waals surface area contributed by atoms with Crippen LogP contribution in [0.3, 0.4) is 0 Å². The van der Waals surface area contributed by atoms with E-state index in [0.717, 1.165) is 7.11 Å². The minimum Gasteiger partial charge on any atom is -0.494 e. The molecule has 2 aliphatic heterocycles. The summed E-state index contributed by atoms with van der Waals surface area (Å²) in [5, 5.41) is 0. The highest BCUT2D eigenvalue weighted by atomic mass is 32.2. The van der Waals surface area contributed by atoms with E-state index in [0.29, 0.717) is 17.9 Å². The zero-order chi connectivity index (χ0) is 25.4. The van der Waals surface area contributed by atoms with Crippen LogP contribution in [-0.4, -0.2) is 40.4 Å². The summed E-state index contributed by atoms with van der Waals surface area (Å²) in [6.45, 7) is 2.08. The van der Waals surface area contributed by atoms with Gasteiger partial charge in [0.1, 0.15) is 17.1 Å². The van der Waals surface area contributed by atoms with Gasteiger partial charge in [-0.3, -0.25) is 0 Å². The first-order chi connectivity index (χ1) is 16.6. The fourth-order valence-electron chi connectivity index (χ4n) is 3.42. The number of carbonyl (C=O) groups excluding carboxylic acids is 1. The van der Waals surface area contributed by atoms with Crippen LogP contribution in [0.25, 0.3) is 5.76 Å². The predicted octanol–water partition coefficient (Wildman–Crippen LogP) is 4.09. The lowest BCUT2D eigenvalue weighted by atomic mass is 9.94. The highest BCUT2D eigenvalue weighted by Crippen LogP contribution is 2.47. The van der Waals surface area contributed by atoms with Gasteiger partial charge >= 0.3 is 21.6 Å². The molecule has 188 valence electrons. The fraction of sp³-hybridized carbons (Fsp3) is 0.318. The molecule has 0 aliphatic carbocycles. The van der Waals surface area contributed by atoms with Gasteiger partial charge in [-0.05, 0) is 36.8 Å². The van der Waals surface area contributed by atoms with Gasteiger partial charge in [0.15, 0.2) is 23.4 Å².